The molecule has 0 saturated heterocycles. The van der Waals surface area contributed by atoms with Crippen LogP contribution >= 0.6 is 0 Å². The Morgan fingerprint density at radius 2 is 2.04 bits per heavy atom. The lowest BCUT2D eigenvalue weighted by Gasteiger charge is -2.14. The van der Waals surface area contributed by atoms with E-state index in [9.17, 15) is 18.4 Å². The highest BCUT2D eigenvalue weighted by molar-refractivity contribution is 6.04. The van der Waals surface area contributed by atoms with Crippen LogP contribution in [0.15, 0.2) is 30.5 Å². The molecule has 0 saturated carbocycles. The number of aromatic nitrogens is 2. The fourth-order valence-electron chi connectivity index (χ4n) is 2.02. The average Bonchev–Trinajstić information content (AvgIpc) is 2.97. The lowest BCUT2D eigenvalue weighted by Crippen LogP contribution is -2.24. The lowest BCUT2D eigenvalue weighted by atomic mass is 10.2. The molecule has 128 valence electrons. The van der Waals surface area contributed by atoms with Crippen molar-refractivity contribution in [1.29, 1.82) is 0 Å². The van der Waals surface area contributed by atoms with E-state index in [4.69, 9.17) is 5.11 Å². The second kappa shape index (κ2) is 7.07. The number of nitrogens with one attached hydrogen (secondary N) is 1. The topological polar surface area (TPSA) is 93.5 Å². The van der Waals surface area contributed by atoms with Crippen molar-refractivity contribution in [3.63, 3.8) is 0 Å². The molecule has 2 N–H and O–H groups in total. The first kappa shape index (κ1) is 17.4. The predicted octanol–water partition coefficient (Wildman–Crippen LogP) is 2.69. The number of ether oxygens (including phenoxy) is 1. The number of alkyl halides is 2. The van der Waals surface area contributed by atoms with Gasteiger partial charge in [0.05, 0.1) is 5.69 Å². The number of benzene rings is 1. The fourth-order valence-corrected chi connectivity index (χ4v) is 2.02. The van der Waals surface area contributed by atoms with Gasteiger partial charge >= 0.3 is 12.6 Å². The largest absolute Gasteiger partial charge is 0.480 e. The fraction of sp³-hybridized carbons (Fsp3) is 0.267. The van der Waals surface area contributed by atoms with Gasteiger partial charge in [-0.25, -0.2) is 9.48 Å². The maximum atomic E-state index is 12.5. The number of carboxylic acids is 1. The standard InChI is InChI=1S/C15H15F2N3O4/c1-8-3-4-10(12(7-8)24-15(16)17)19-13(21)11-5-6-18-20(11)9(2)14(22)23/h3-7,9,15H,1-2H3,(H,19,21)(H,22,23). The number of carbonyl (C=O) groups is 2. The van der Waals surface area contributed by atoms with Crippen molar-refractivity contribution in [1.82, 2.24) is 9.78 Å². The number of aryl methyl sites for hydroxylation is 1. The van der Waals surface area contributed by atoms with E-state index in [1.807, 2.05) is 0 Å². The second-order valence-electron chi connectivity index (χ2n) is 5.01. The molecule has 2 rings (SSSR count). The number of anilines is 1. The highest BCUT2D eigenvalue weighted by Crippen LogP contribution is 2.28. The third kappa shape index (κ3) is 3.86. The van der Waals surface area contributed by atoms with Gasteiger partial charge < -0.3 is 15.2 Å². The van der Waals surface area contributed by atoms with E-state index in [1.165, 1.54) is 31.3 Å². The summed E-state index contributed by atoms with van der Waals surface area (Å²) in [6.07, 6.45) is 1.28. The number of rotatable bonds is 6. The van der Waals surface area contributed by atoms with E-state index in [1.54, 1.807) is 13.0 Å². The summed E-state index contributed by atoms with van der Waals surface area (Å²) in [5.74, 6) is -2.04. The number of hydrogen-bond acceptors (Lipinski definition) is 4. The van der Waals surface area contributed by atoms with Gasteiger partial charge in [0.1, 0.15) is 17.5 Å². The number of carboxylic acid groups (broad SMARTS) is 1. The summed E-state index contributed by atoms with van der Waals surface area (Å²) < 4.78 is 30.4. The quantitative estimate of drug-likeness (QED) is 0.844. The Morgan fingerprint density at radius 3 is 2.67 bits per heavy atom. The smallest absolute Gasteiger partial charge is 0.387 e. The lowest BCUT2D eigenvalue weighted by molar-refractivity contribution is -0.140. The molecule has 2 aromatic rings. The van der Waals surface area contributed by atoms with Gasteiger partial charge in [0, 0.05) is 6.20 Å². The Balaban J connectivity index is 2.28. The normalized spacial score (nSPS) is 12.0. The SMILES string of the molecule is Cc1ccc(NC(=O)c2ccnn2C(C)C(=O)O)c(OC(F)F)c1. The van der Waals surface area contributed by atoms with Crippen molar-refractivity contribution in [2.24, 2.45) is 0 Å². The van der Waals surface area contributed by atoms with Crippen molar-refractivity contribution in [2.75, 3.05) is 5.32 Å². The van der Waals surface area contributed by atoms with Crippen LogP contribution in [0.25, 0.3) is 0 Å². The van der Waals surface area contributed by atoms with E-state index in [-0.39, 0.29) is 17.1 Å². The van der Waals surface area contributed by atoms with Crippen molar-refractivity contribution in [3.8, 4) is 5.75 Å². The van der Waals surface area contributed by atoms with Crippen molar-refractivity contribution in [2.45, 2.75) is 26.5 Å². The molecule has 0 fully saturated rings. The molecule has 1 amide bonds. The predicted molar refractivity (Wildman–Crippen MR) is 80.3 cm³/mol. The number of nitrogens with zero attached hydrogens (tertiary/aromatic N) is 2. The van der Waals surface area contributed by atoms with Gasteiger partial charge in [0.25, 0.3) is 5.91 Å². The number of aliphatic carboxylic acids is 1. The van der Waals surface area contributed by atoms with Crippen LogP contribution in [0.2, 0.25) is 0 Å². The summed E-state index contributed by atoms with van der Waals surface area (Å²) in [4.78, 5) is 23.4. The highest BCUT2D eigenvalue weighted by atomic mass is 19.3. The maximum absolute atomic E-state index is 12.5. The molecular formula is C15H15F2N3O4. The molecule has 1 heterocycles. The molecule has 1 aromatic heterocycles. The first-order valence-electron chi connectivity index (χ1n) is 6.92. The van der Waals surface area contributed by atoms with E-state index >= 15 is 0 Å². The summed E-state index contributed by atoms with van der Waals surface area (Å²) in [7, 11) is 0. The molecule has 24 heavy (non-hydrogen) atoms. The van der Waals surface area contributed by atoms with Gasteiger partial charge in [0.15, 0.2) is 0 Å². The van der Waals surface area contributed by atoms with Crippen molar-refractivity contribution in [3.05, 3.63) is 41.7 Å². The number of halogens is 2. The molecule has 1 unspecified atom stereocenters. The van der Waals surface area contributed by atoms with Crippen LogP contribution in [0.4, 0.5) is 14.5 Å². The summed E-state index contributed by atoms with van der Waals surface area (Å²) in [5, 5.41) is 15.3. The Labute approximate surface area is 135 Å². The van der Waals surface area contributed by atoms with Gasteiger partial charge in [-0.1, -0.05) is 6.07 Å². The van der Waals surface area contributed by atoms with Crippen LogP contribution in [-0.2, 0) is 4.79 Å². The van der Waals surface area contributed by atoms with Gasteiger partial charge in [-0.05, 0) is 37.6 Å². The zero-order valence-electron chi connectivity index (χ0n) is 12.9. The van der Waals surface area contributed by atoms with Gasteiger partial charge in [-0.2, -0.15) is 13.9 Å². The van der Waals surface area contributed by atoms with Gasteiger partial charge in [0.2, 0.25) is 0 Å². The third-order valence-corrected chi connectivity index (χ3v) is 3.23. The van der Waals surface area contributed by atoms with Crippen molar-refractivity contribution >= 4 is 17.6 Å². The summed E-state index contributed by atoms with van der Waals surface area (Å²) in [6.45, 7) is 0.0108. The molecule has 0 aliphatic heterocycles. The Kier molecular flexibility index (Phi) is 5.12. The number of carbonyl (C=O) groups excluding carboxylic acids is 1. The summed E-state index contributed by atoms with van der Waals surface area (Å²) >= 11 is 0. The van der Waals surface area contributed by atoms with Gasteiger partial charge in [-0.3, -0.25) is 4.79 Å². The van der Waals surface area contributed by atoms with Crippen LogP contribution in [0.3, 0.4) is 0 Å². The number of hydrogen-bond donors (Lipinski definition) is 2. The zero-order valence-corrected chi connectivity index (χ0v) is 12.9. The molecule has 0 bridgehead atoms. The molecule has 0 spiro atoms. The molecule has 1 atom stereocenters. The third-order valence-electron chi connectivity index (χ3n) is 3.23. The molecule has 0 radical (unpaired) electrons. The van der Waals surface area contributed by atoms with Crippen LogP contribution in [0, 0.1) is 6.92 Å². The molecular weight excluding hydrogens is 324 g/mol. The molecule has 0 aliphatic rings. The first-order chi connectivity index (χ1) is 11.3. The molecule has 7 nitrogen and oxygen atoms in total. The van der Waals surface area contributed by atoms with E-state index in [2.05, 4.69) is 15.2 Å². The van der Waals surface area contributed by atoms with Crippen LogP contribution in [-0.4, -0.2) is 33.4 Å². The minimum Gasteiger partial charge on any atom is -0.480 e. The van der Waals surface area contributed by atoms with E-state index in [0.29, 0.717) is 5.56 Å². The van der Waals surface area contributed by atoms with Crippen LogP contribution in [0.1, 0.15) is 29.0 Å². The van der Waals surface area contributed by atoms with Crippen molar-refractivity contribution < 1.29 is 28.2 Å². The first-order valence-corrected chi connectivity index (χ1v) is 6.92. The molecule has 0 aliphatic carbocycles. The minimum atomic E-state index is -3.04. The maximum Gasteiger partial charge on any atom is 0.387 e. The Hall–Kier alpha value is -2.97. The van der Waals surface area contributed by atoms with Gasteiger partial charge in [-0.15, -0.1) is 0 Å². The Bertz CT molecular complexity index is 761. The summed E-state index contributed by atoms with van der Waals surface area (Å²) in [5.41, 5.74) is 0.697. The highest BCUT2D eigenvalue weighted by Gasteiger charge is 2.22. The number of amides is 1. The van der Waals surface area contributed by atoms with Crippen LogP contribution < -0.4 is 10.1 Å². The molecule has 9 heteroatoms. The zero-order chi connectivity index (χ0) is 17.9. The Morgan fingerprint density at radius 1 is 1.33 bits per heavy atom. The van der Waals surface area contributed by atoms with E-state index < -0.39 is 24.5 Å². The van der Waals surface area contributed by atoms with Crippen LogP contribution in [0.5, 0.6) is 5.75 Å². The monoisotopic (exact) mass is 339 g/mol. The van der Waals surface area contributed by atoms with E-state index in [0.717, 1.165) is 4.68 Å². The average molecular weight is 339 g/mol. The second-order valence-corrected chi connectivity index (χ2v) is 5.01. The molecule has 1 aromatic carbocycles. The minimum absolute atomic E-state index is 0.0199. The summed E-state index contributed by atoms with van der Waals surface area (Å²) in [6, 6.07) is 4.67.